The van der Waals surface area contributed by atoms with Crippen LogP contribution in [0.3, 0.4) is 0 Å². The first-order valence-corrected chi connectivity index (χ1v) is 9.61. The molecule has 4 N–H and O–H groups in total. The first-order valence-electron chi connectivity index (χ1n) is 9.61. The van der Waals surface area contributed by atoms with Crippen molar-refractivity contribution in [1.29, 1.82) is 0 Å². The van der Waals surface area contributed by atoms with Crippen LogP contribution < -0.4 is 0 Å². The SMILES string of the molecule is Oc1cccc(C=NCCCCCCCCN=Cc2cccc(O)c2O)c1O. The van der Waals surface area contributed by atoms with Crippen LogP contribution in [-0.2, 0) is 0 Å². The fraction of sp³-hybridized carbons (Fsp3) is 0.364. The van der Waals surface area contributed by atoms with Gasteiger partial charge in [0.25, 0.3) is 0 Å². The predicted octanol–water partition coefficient (Wildman–Crippen LogP) is 4.39. The lowest BCUT2D eigenvalue weighted by Crippen LogP contribution is -1.88. The van der Waals surface area contributed by atoms with Crippen LogP contribution in [0.2, 0.25) is 0 Å². The second-order valence-electron chi connectivity index (χ2n) is 6.62. The Morgan fingerprint density at radius 2 is 0.964 bits per heavy atom. The van der Waals surface area contributed by atoms with Gasteiger partial charge in [-0.1, -0.05) is 37.8 Å². The van der Waals surface area contributed by atoms with Gasteiger partial charge in [0.1, 0.15) is 0 Å². The maximum Gasteiger partial charge on any atom is 0.166 e. The molecule has 0 spiro atoms. The number of unbranched alkanes of at least 4 members (excludes halogenated alkanes) is 5. The van der Waals surface area contributed by atoms with Crippen molar-refractivity contribution in [1.82, 2.24) is 0 Å². The van der Waals surface area contributed by atoms with Crippen molar-refractivity contribution < 1.29 is 20.4 Å². The molecule has 0 saturated heterocycles. The van der Waals surface area contributed by atoms with Crippen LogP contribution in [-0.4, -0.2) is 45.9 Å². The van der Waals surface area contributed by atoms with Gasteiger partial charge in [-0.05, 0) is 37.1 Å². The van der Waals surface area contributed by atoms with Gasteiger partial charge in [0.15, 0.2) is 23.0 Å². The fourth-order valence-electron chi connectivity index (χ4n) is 2.74. The Kier molecular flexibility index (Phi) is 8.85. The molecule has 2 aromatic carbocycles. The molecule has 0 radical (unpaired) electrons. The van der Waals surface area contributed by atoms with Gasteiger partial charge in [0, 0.05) is 36.6 Å². The minimum absolute atomic E-state index is 0.131. The molecular weight excluding hydrogens is 356 g/mol. The molecule has 0 unspecified atom stereocenters. The highest BCUT2D eigenvalue weighted by atomic mass is 16.3. The van der Waals surface area contributed by atoms with Crippen LogP contribution in [0.5, 0.6) is 23.0 Å². The molecule has 2 rings (SSSR count). The van der Waals surface area contributed by atoms with Crippen molar-refractivity contribution in [3.63, 3.8) is 0 Å². The third kappa shape index (κ3) is 6.95. The molecule has 6 nitrogen and oxygen atoms in total. The summed E-state index contributed by atoms with van der Waals surface area (Å²) in [6, 6.07) is 9.65. The number of hydrogen-bond acceptors (Lipinski definition) is 6. The largest absolute Gasteiger partial charge is 0.504 e. The molecular formula is C22H28N2O4. The van der Waals surface area contributed by atoms with Crippen LogP contribution >= 0.6 is 0 Å². The van der Waals surface area contributed by atoms with E-state index in [-0.39, 0.29) is 23.0 Å². The highest BCUT2D eigenvalue weighted by Crippen LogP contribution is 2.27. The van der Waals surface area contributed by atoms with Crippen molar-refractivity contribution in [2.45, 2.75) is 38.5 Å². The van der Waals surface area contributed by atoms with Crippen molar-refractivity contribution in [3.05, 3.63) is 47.5 Å². The summed E-state index contributed by atoms with van der Waals surface area (Å²) in [7, 11) is 0. The standard InChI is InChI=1S/C22H28N2O4/c25-19-11-7-9-17(21(19)27)15-23-13-5-3-1-2-4-6-14-24-16-18-10-8-12-20(26)22(18)28/h7-12,15-16,25-28H,1-6,13-14H2. The minimum Gasteiger partial charge on any atom is -0.504 e. The molecule has 0 bridgehead atoms. The summed E-state index contributed by atoms with van der Waals surface area (Å²) in [4.78, 5) is 8.58. The Balaban J connectivity index is 1.51. The predicted molar refractivity (Wildman–Crippen MR) is 112 cm³/mol. The van der Waals surface area contributed by atoms with Gasteiger partial charge in [-0.3, -0.25) is 9.98 Å². The molecule has 0 heterocycles. The molecule has 0 aromatic heterocycles. The first-order chi connectivity index (χ1) is 13.6. The zero-order valence-corrected chi connectivity index (χ0v) is 16.0. The number of para-hydroxylation sites is 2. The van der Waals surface area contributed by atoms with Crippen LogP contribution in [0.1, 0.15) is 49.7 Å². The maximum absolute atomic E-state index is 9.67. The average Bonchev–Trinajstić information content (AvgIpc) is 2.69. The number of nitrogens with zero attached hydrogens (tertiary/aromatic N) is 2. The lowest BCUT2D eigenvalue weighted by Gasteiger charge is -2.02. The summed E-state index contributed by atoms with van der Waals surface area (Å²) in [5.74, 6) is -0.527. The summed E-state index contributed by atoms with van der Waals surface area (Å²) in [6.45, 7) is 1.40. The van der Waals surface area contributed by atoms with E-state index in [1.54, 1.807) is 36.7 Å². The molecule has 0 saturated carbocycles. The Morgan fingerprint density at radius 3 is 1.39 bits per heavy atom. The first kappa shape index (κ1) is 21.3. The zero-order chi connectivity index (χ0) is 20.2. The van der Waals surface area contributed by atoms with Gasteiger partial charge in [-0.25, -0.2) is 0 Å². The Labute approximate surface area is 165 Å². The van der Waals surface area contributed by atoms with E-state index in [0.29, 0.717) is 24.2 Å². The minimum atomic E-state index is -0.132. The summed E-state index contributed by atoms with van der Waals surface area (Å²) in [6.07, 6.45) is 9.66. The summed E-state index contributed by atoms with van der Waals surface area (Å²) < 4.78 is 0. The monoisotopic (exact) mass is 384 g/mol. The molecule has 0 amide bonds. The average molecular weight is 384 g/mol. The molecule has 0 atom stereocenters. The third-order valence-electron chi connectivity index (χ3n) is 4.38. The fourth-order valence-corrected chi connectivity index (χ4v) is 2.74. The van der Waals surface area contributed by atoms with Crippen molar-refractivity contribution in [2.24, 2.45) is 9.98 Å². The third-order valence-corrected chi connectivity index (χ3v) is 4.38. The lowest BCUT2D eigenvalue weighted by atomic mass is 10.1. The van der Waals surface area contributed by atoms with E-state index in [1.807, 2.05) is 0 Å². The second kappa shape index (κ2) is 11.6. The summed E-state index contributed by atoms with van der Waals surface area (Å²) in [5.41, 5.74) is 1.05. The number of phenols is 4. The molecule has 28 heavy (non-hydrogen) atoms. The van der Waals surface area contributed by atoms with Gasteiger partial charge in [0.2, 0.25) is 0 Å². The summed E-state index contributed by atoms with van der Waals surface area (Å²) in [5, 5.41) is 38.2. The van der Waals surface area contributed by atoms with Crippen LogP contribution in [0.25, 0.3) is 0 Å². The van der Waals surface area contributed by atoms with Gasteiger partial charge in [-0.15, -0.1) is 0 Å². The number of rotatable bonds is 11. The zero-order valence-electron chi connectivity index (χ0n) is 16.0. The smallest absolute Gasteiger partial charge is 0.166 e. The second-order valence-corrected chi connectivity index (χ2v) is 6.62. The van der Waals surface area contributed by atoms with Crippen LogP contribution in [0.4, 0.5) is 0 Å². The normalized spacial score (nSPS) is 11.6. The number of aliphatic imine (C=N–C) groups is 2. The Morgan fingerprint density at radius 1 is 0.571 bits per heavy atom. The van der Waals surface area contributed by atoms with E-state index in [4.69, 9.17) is 0 Å². The molecule has 150 valence electrons. The van der Waals surface area contributed by atoms with Crippen LogP contribution in [0.15, 0.2) is 46.4 Å². The topological polar surface area (TPSA) is 106 Å². The molecule has 0 aliphatic rings. The summed E-state index contributed by atoms with van der Waals surface area (Å²) >= 11 is 0. The van der Waals surface area contributed by atoms with E-state index < -0.39 is 0 Å². The molecule has 0 aliphatic carbocycles. The van der Waals surface area contributed by atoms with Crippen LogP contribution in [0, 0.1) is 0 Å². The maximum atomic E-state index is 9.67. The molecule has 0 aliphatic heterocycles. The van der Waals surface area contributed by atoms with Gasteiger partial charge < -0.3 is 20.4 Å². The number of phenolic OH excluding ortho intramolecular Hbond substituents is 4. The number of hydrogen-bond donors (Lipinski definition) is 4. The van der Waals surface area contributed by atoms with E-state index in [2.05, 4.69) is 9.98 Å². The van der Waals surface area contributed by atoms with Crippen molar-refractivity contribution in [2.75, 3.05) is 13.1 Å². The van der Waals surface area contributed by atoms with Crippen molar-refractivity contribution in [3.8, 4) is 23.0 Å². The van der Waals surface area contributed by atoms with Gasteiger partial charge >= 0.3 is 0 Å². The molecule has 6 heteroatoms. The quantitative estimate of drug-likeness (QED) is 0.262. The van der Waals surface area contributed by atoms with Crippen molar-refractivity contribution >= 4 is 12.4 Å². The van der Waals surface area contributed by atoms with E-state index in [0.717, 1.165) is 38.5 Å². The molecule has 2 aromatic rings. The van der Waals surface area contributed by atoms with E-state index >= 15 is 0 Å². The van der Waals surface area contributed by atoms with Gasteiger partial charge in [-0.2, -0.15) is 0 Å². The molecule has 0 fully saturated rings. The Hall–Kier alpha value is -3.02. The number of benzene rings is 2. The van der Waals surface area contributed by atoms with Gasteiger partial charge in [0.05, 0.1) is 0 Å². The van der Waals surface area contributed by atoms with E-state index in [9.17, 15) is 20.4 Å². The Bertz CT molecular complexity index is 736. The van der Waals surface area contributed by atoms with E-state index in [1.165, 1.54) is 12.1 Å². The highest BCUT2D eigenvalue weighted by Gasteiger charge is 2.03. The highest BCUT2D eigenvalue weighted by molar-refractivity contribution is 5.85. The lowest BCUT2D eigenvalue weighted by molar-refractivity contribution is 0.403. The number of aromatic hydroxyl groups is 4.